The fourth-order valence-electron chi connectivity index (χ4n) is 1.08. The number of methoxy groups -OCH3 is 1. The molecule has 0 saturated carbocycles. The molecule has 0 unspecified atom stereocenters. The zero-order valence-corrected chi connectivity index (χ0v) is 9.21. The Balaban J connectivity index is 3.03. The van der Waals surface area contributed by atoms with Crippen molar-refractivity contribution in [3.05, 3.63) is 34.4 Å². The molecule has 0 heterocycles. The van der Waals surface area contributed by atoms with Crippen molar-refractivity contribution >= 4 is 23.6 Å². The van der Waals surface area contributed by atoms with E-state index < -0.39 is 5.97 Å². The Labute approximate surface area is 92.9 Å². The van der Waals surface area contributed by atoms with Crippen LogP contribution in [-0.2, 0) is 4.79 Å². The highest BCUT2D eigenvalue weighted by atomic mass is 35.5. The summed E-state index contributed by atoms with van der Waals surface area (Å²) < 4.78 is 4.98. The van der Waals surface area contributed by atoms with Gasteiger partial charge >= 0.3 is 5.97 Å². The van der Waals surface area contributed by atoms with E-state index in [9.17, 15) is 4.79 Å². The molecule has 1 aromatic rings. The van der Waals surface area contributed by atoms with Gasteiger partial charge in [-0.3, -0.25) is 0 Å². The van der Waals surface area contributed by atoms with E-state index in [1.807, 2.05) is 0 Å². The van der Waals surface area contributed by atoms with Crippen molar-refractivity contribution in [3.8, 4) is 5.75 Å². The standard InChI is InChI=1S/C11H11ClO3/c1-7(11(13)14)5-8-3-4-10(15-2)9(12)6-8/h3-6H,1-2H3,(H,13,14)/b7-5+. The van der Waals surface area contributed by atoms with Crippen LogP contribution in [0.4, 0.5) is 0 Å². The lowest BCUT2D eigenvalue weighted by atomic mass is 10.1. The average Bonchev–Trinajstić information content (AvgIpc) is 2.18. The predicted octanol–water partition coefficient (Wildman–Crippen LogP) is 2.84. The van der Waals surface area contributed by atoms with Crippen LogP contribution in [0.5, 0.6) is 5.75 Å². The largest absolute Gasteiger partial charge is 0.495 e. The van der Waals surface area contributed by atoms with Gasteiger partial charge in [0, 0.05) is 5.57 Å². The second kappa shape index (κ2) is 4.84. The molecule has 3 nitrogen and oxygen atoms in total. The molecular formula is C11H11ClO3. The SMILES string of the molecule is COc1ccc(/C=C(\C)C(=O)O)cc1Cl. The highest BCUT2D eigenvalue weighted by Crippen LogP contribution is 2.25. The molecule has 0 bridgehead atoms. The van der Waals surface area contributed by atoms with Crippen LogP contribution in [-0.4, -0.2) is 18.2 Å². The minimum atomic E-state index is -0.943. The van der Waals surface area contributed by atoms with Crippen molar-refractivity contribution in [2.24, 2.45) is 0 Å². The number of carboxylic acid groups (broad SMARTS) is 1. The molecule has 0 fully saturated rings. The van der Waals surface area contributed by atoms with Crippen LogP contribution in [0.1, 0.15) is 12.5 Å². The molecule has 1 aromatic carbocycles. The Hall–Kier alpha value is -1.48. The van der Waals surface area contributed by atoms with Crippen molar-refractivity contribution in [3.63, 3.8) is 0 Å². The summed E-state index contributed by atoms with van der Waals surface area (Å²) in [5.74, 6) is -0.372. The van der Waals surface area contributed by atoms with Gasteiger partial charge < -0.3 is 9.84 Å². The Kier molecular flexibility index (Phi) is 3.74. The molecule has 0 radical (unpaired) electrons. The smallest absolute Gasteiger partial charge is 0.331 e. The van der Waals surface area contributed by atoms with E-state index in [0.29, 0.717) is 10.8 Å². The third-order valence-electron chi connectivity index (χ3n) is 1.90. The number of rotatable bonds is 3. The van der Waals surface area contributed by atoms with Gasteiger partial charge in [0.05, 0.1) is 12.1 Å². The van der Waals surface area contributed by atoms with E-state index >= 15 is 0 Å². The Morgan fingerprint density at radius 3 is 2.67 bits per heavy atom. The van der Waals surface area contributed by atoms with Gasteiger partial charge in [0.1, 0.15) is 5.75 Å². The van der Waals surface area contributed by atoms with E-state index in [1.54, 1.807) is 24.3 Å². The van der Waals surface area contributed by atoms with Crippen LogP contribution >= 0.6 is 11.6 Å². The van der Waals surface area contributed by atoms with Crippen LogP contribution in [0.2, 0.25) is 5.02 Å². The first-order valence-electron chi connectivity index (χ1n) is 4.29. The molecule has 80 valence electrons. The minimum Gasteiger partial charge on any atom is -0.495 e. The highest BCUT2D eigenvalue weighted by molar-refractivity contribution is 6.32. The van der Waals surface area contributed by atoms with Crippen molar-refractivity contribution in [1.82, 2.24) is 0 Å². The molecule has 0 spiro atoms. The van der Waals surface area contributed by atoms with Gasteiger partial charge in [-0.15, -0.1) is 0 Å². The molecule has 0 atom stereocenters. The summed E-state index contributed by atoms with van der Waals surface area (Å²) in [7, 11) is 1.53. The molecule has 0 aliphatic heterocycles. The van der Waals surface area contributed by atoms with E-state index in [1.165, 1.54) is 14.0 Å². The van der Waals surface area contributed by atoms with Gasteiger partial charge in [0.15, 0.2) is 0 Å². The zero-order valence-electron chi connectivity index (χ0n) is 8.45. The number of benzene rings is 1. The molecule has 0 aliphatic rings. The molecule has 0 amide bonds. The maximum Gasteiger partial charge on any atom is 0.331 e. The number of ether oxygens (including phenoxy) is 1. The Morgan fingerprint density at radius 1 is 1.53 bits per heavy atom. The molecule has 0 aliphatic carbocycles. The van der Waals surface area contributed by atoms with Crippen molar-refractivity contribution in [2.75, 3.05) is 7.11 Å². The third-order valence-corrected chi connectivity index (χ3v) is 2.19. The first-order chi connectivity index (χ1) is 7.04. The summed E-state index contributed by atoms with van der Waals surface area (Å²) in [5, 5.41) is 9.15. The maximum absolute atomic E-state index is 10.6. The Bertz CT molecular complexity index is 410. The molecule has 0 saturated heterocycles. The number of halogens is 1. The monoisotopic (exact) mass is 226 g/mol. The van der Waals surface area contributed by atoms with Crippen LogP contribution in [0.3, 0.4) is 0 Å². The number of hydrogen-bond donors (Lipinski definition) is 1. The van der Waals surface area contributed by atoms with E-state index in [-0.39, 0.29) is 5.57 Å². The van der Waals surface area contributed by atoms with Gasteiger partial charge in [-0.25, -0.2) is 4.79 Å². The lowest BCUT2D eigenvalue weighted by Gasteiger charge is -2.03. The summed E-state index contributed by atoms with van der Waals surface area (Å²) in [4.78, 5) is 10.6. The normalized spacial score (nSPS) is 11.3. The topological polar surface area (TPSA) is 46.5 Å². The summed E-state index contributed by atoms with van der Waals surface area (Å²) >= 11 is 5.89. The van der Waals surface area contributed by atoms with Crippen molar-refractivity contribution in [2.45, 2.75) is 6.92 Å². The molecule has 1 rings (SSSR count). The lowest BCUT2D eigenvalue weighted by molar-refractivity contribution is -0.132. The summed E-state index contributed by atoms with van der Waals surface area (Å²) in [6.45, 7) is 1.53. The number of carboxylic acids is 1. The van der Waals surface area contributed by atoms with Crippen molar-refractivity contribution < 1.29 is 14.6 Å². The number of hydrogen-bond acceptors (Lipinski definition) is 2. The van der Waals surface area contributed by atoms with Gasteiger partial charge in [0.25, 0.3) is 0 Å². The molecular weight excluding hydrogens is 216 g/mol. The third kappa shape index (κ3) is 2.99. The fraction of sp³-hybridized carbons (Fsp3) is 0.182. The van der Waals surface area contributed by atoms with Gasteiger partial charge in [-0.1, -0.05) is 17.7 Å². The van der Waals surface area contributed by atoms with Gasteiger partial charge in [-0.2, -0.15) is 0 Å². The molecule has 0 aromatic heterocycles. The molecule has 4 heteroatoms. The van der Waals surface area contributed by atoms with Crippen LogP contribution in [0, 0.1) is 0 Å². The number of aliphatic carboxylic acids is 1. The van der Waals surface area contributed by atoms with Crippen LogP contribution < -0.4 is 4.74 Å². The first-order valence-corrected chi connectivity index (χ1v) is 4.67. The summed E-state index contributed by atoms with van der Waals surface area (Å²) in [6, 6.07) is 5.10. The van der Waals surface area contributed by atoms with E-state index in [2.05, 4.69) is 0 Å². The summed E-state index contributed by atoms with van der Waals surface area (Å²) in [6.07, 6.45) is 1.55. The molecule has 15 heavy (non-hydrogen) atoms. The average molecular weight is 227 g/mol. The predicted molar refractivity (Wildman–Crippen MR) is 59.3 cm³/mol. The maximum atomic E-state index is 10.6. The van der Waals surface area contributed by atoms with E-state index in [4.69, 9.17) is 21.4 Å². The minimum absolute atomic E-state index is 0.260. The number of carbonyl (C=O) groups is 1. The second-order valence-corrected chi connectivity index (χ2v) is 3.43. The second-order valence-electron chi connectivity index (χ2n) is 3.03. The summed E-state index contributed by atoms with van der Waals surface area (Å²) in [5.41, 5.74) is 0.997. The lowest BCUT2D eigenvalue weighted by Crippen LogP contribution is -1.95. The molecule has 1 N–H and O–H groups in total. The van der Waals surface area contributed by atoms with E-state index in [0.717, 1.165) is 5.56 Å². The van der Waals surface area contributed by atoms with Gasteiger partial charge in [0.2, 0.25) is 0 Å². The zero-order chi connectivity index (χ0) is 11.4. The highest BCUT2D eigenvalue weighted by Gasteiger charge is 2.03. The quantitative estimate of drug-likeness (QED) is 0.807. The fourth-order valence-corrected chi connectivity index (χ4v) is 1.35. The first kappa shape index (κ1) is 11.6. The van der Waals surface area contributed by atoms with Gasteiger partial charge in [-0.05, 0) is 30.7 Å². The Morgan fingerprint density at radius 2 is 2.20 bits per heavy atom. The van der Waals surface area contributed by atoms with Crippen LogP contribution in [0.15, 0.2) is 23.8 Å². The van der Waals surface area contributed by atoms with Crippen molar-refractivity contribution in [1.29, 1.82) is 0 Å². The van der Waals surface area contributed by atoms with Crippen LogP contribution in [0.25, 0.3) is 6.08 Å².